The Bertz CT molecular complexity index is 795. The molecule has 2 aromatic heterocycles. The summed E-state index contributed by atoms with van der Waals surface area (Å²) in [5, 5.41) is 6.79. The average molecular weight is 372 g/mol. The van der Waals surface area contributed by atoms with Crippen LogP contribution in [-0.4, -0.2) is 62.8 Å². The highest BCUT2D eigenvalue weighted by molar-refractivity contribution is 5.92. The van der Waals surface area contributed by atoms with E-state index >= 15 is 0 Å². The second-order valence-electron chi connectivity index (χ2n) is 7.54. The summed E-state index contributed by atoms with van der Waals surface area (Å²) in [4.78, 5) is 23.8. The van der Waals surface area contributed by atoms with Gasteiger partial charge in [-0.3, -0.25) is 9.69 Å². The monoisotopic (exact) mass is 372 g/mol. The van der Waals surface area contributed by atoms with Gasteiger partial charge < -0.3 is 19.1 Å². The minimum absolute atomic E-state index is 0.206. The number of ether oxygens (including phenoxy) is 1. The minimum Gasteiger partial charge on any atom is -0.380 e. The second-order valence-corrected chi connectivity index (χ2v) is 7.54. The van der Waals surface area contributed by atoms with Crippen LogP contribution in [0, 0.1) is 0 Å². The van der Waals surface area contributed by atoms with Gasteiger partial charge in [0.15, 0.2) is 5.82 Å². The predicted molar refractivity (Wildman–Crippen MR) is 94.2 cm³/mol. The summed E-state index contributed by atoms with van der Waals surface area (Å²) >= 11 is 0. The van der Waals surface area contributed by atoms with E-state index < -0.39 is 0 Å². The van der Waals surface area contributed by atoms with Gasteiger partial charge in [-0.2, -0.15) is 4.98 Å². The van der Waals surface area contributed by atoms with E-state index in [2.05, 4.69) is 29.9 Å². The van der Waals surface area contributed by atoms with Crippen LogP contribution in [-0.2, 0) is 24.2 Å². The summed E-state index contributed by atoms with van der Waals surface area (Å²) in [6.07, 6.45) is 6.04. The molecule has 1 amide bonds. The van der Waals surface area contributed by atoms with Crippen molar-refractivity contribution in [2.75, 3.05) is 26.3 Å². The molecule has 2 fully saturated rings. The first-order valence-electron chi connectivity index (χ1n) is 9.75. The molecular formula is C18H24N6O3. The highest BCUT2D eigenvalue weighted by atomic mass is 16.5. The third kappa shape index (κ3) is 3.61. The number of amides is 1. The van der Waals surface area contributed by atoms with Crippen molar-refractivity contribution >= 4 is 5.91 Å². The Morgan fingerprint density at radius 2 is 2.15 bits per heavy atom. The molecule has 1 unspecified atom stereocenters. The van der Waals surface area contributed by atoms with Crippen molar-refractivity contribution < 1.29 is 14.1 Å². The zero-order valence-electron chi connectivity index (χ0n) is 15.3. The topological polar surface area (TPSA) is 98.3 Å². The molecule has 9 heteroatoms. The highest BCUT2D eigenvalue weighted by Crippen LogP contribution is 2.38. The molecule has 1 N–H and O–H groups in total. The molecule has 144 valence electrons. The summed E-state index contributed by atoms with van der Waals surface area (Å²) in [6, 6.07) is 0.521. The molecule has 0 bridgehead atoms. The molecule has 1 saturated heterocycles. The summed E-state index contributed by atoms with van der Waals surface area (Å²) in [5.74, 6) is 2.40. The Hall–Kier alpha value is -2.26. The Morgan fingerprint density at radius 3 is 2.96 bits per heavy atom. The van der Waals surface area contributed by atoms with Gasteiger partial charge in [0.2, 0.25) is 5.89 Å². The zero-order valence-corrected chi connectivity index (χ0v) is 15.3. The fourth-order valence-electron chi connectivity index (χ4n) is 3.82. The van der Waals surface area contributed by atoms with Crippen molar-refractivity contribution in [3.05, 3.63) is 29.4 Å². The van der Waals surface area contributed by atoms with Gasteiger partial charge >= 0.3 is 0 Å². The quantitative estimate of drug-likeness (QED) is 0.826. The van der Waals surface area contributed by atoms with Crippen LogP contribution >= 0.6 is 0 Å². The summed E-state index contributed by atoms with van der Waals surface area (Å²) in [6.45, 7) is 4.69. The molecule has 0 spiro atoms. The fourth-order valence-corrected chi connectivity index (χ4v) is 3.82. The van der Waals surface area contributed by atoms with E-state index in [0.29, 0.717) is 23.5 Å². The normalized spacial score (nSPS) is 23.2. The van der Waals surface area contributed by atoms with Crippen molar-refractivity contribution in [2.24, 2.45) is 0 Å². The third-order valence-electron chi connectivity index (χ3n) is 5.59. The van der Waals surface area contributed by atoms with Gasteiger partial charge in [-0.1, -0.05) is 5.16 Å². The molecule has 27 heavy (non-hydrogen) atoms. The summed E-state index contributed by atoms with van der Waals surface area (Å²) in [5.41, 5.74) is 0.449. The van der Waals surface area contributed by atoms with Crippen molar-refractivity contribution in [2.45, 2.75) is 50.7 Å². The number of imidazole rings is 1. The van der Waals surface area contributed by atoms with Gasteiger partial charge in [-0.25, -0.2) is 4.98 Å². The molecule has 0 radical (unpaired) electrons. The molecule has 9 nitrogen and oxygen atoms in total. The smallest absolute Gasteiger partial charge is 0.271 e. The first-order chi connectivity index (χ1) is 13.3. The SMILES string of the molecule is O=C(NCc1nc(C2CC2)no1)c1cn2c(n1)CCN(C1CCOC1)CC2. The number of nitrogens with one attached hydrogen (secondary N) is 1. The molecule has 2 aliphatic heterocycles. The van der Waals surface area contributed by atoms with Crippen LogP contribution in [0.4, 0.5) is 0 Å². The predicted octanol–water partition coefficient (Wildman–Crippen LogP) is 0.720. The fraction of sp³-hybridized carbons (Fsp3) is 0.667. The van der Waals surface area contributed by atoms with Crippen LogP contribution in [0.5, 0.6) is 0 Å². The maximum Gasteiger partial charge on any atom is 0.271 e. The lowest BCUT2D eigenvalue weighted by Gasteiger charge is -2.25. The van der Waals surface area contributed by atoms with Crippen molar-refractivity contribution in [3.8, 4) is 0 Å². The second kappa shape index (κ2) is 7.05. The maximum absolute atomic E-state index is 12.4. The van der Waals surface area contributed by atoms with Crippen LogP contribution in [0.25, 0.3) is 0 Å². The molecule has 1 saturated carbocycles. The molecule has 0 aromatic carbocycles. The number of hydrogen-bond acceptors (Lipinski definition) is 7. The molecule has 1 aliphatic carbocycles. The zero-order chi connectivity index (χ0) is 18.2. The van der Waals surface area contributed by atoms with Crippen molar-refractivity contribution in [1.82, 2.24) is 29.9 Å². The molecule has 1 atom stereocenters. The van der Waals surface area contributed by atoms with E-state index in [1.165, 1.54) is 0 Å². The van der Waals surface area contributed by atoms with E-state index in [1.54, 1.807) is 0 Å². The number of carbonyl (C=O) groups is 1. The van der Waals surface area contributed by atoms with E-state index in [9.17, 15) is 4.79 Å². The Kier molecular flexibility index (Phi) is 4.41. The number of hydrogen-bond donors (Lipinski definition) is 1. The number of nitrogens with zero attached hydrogens (tertiary/aromatic N) is 5. The maximum atomic E-state index is 12.4. The van der Waals surface area contributed by atoms with Crippen LogP contribution < -0.4 is 5.32 Å². The Balaban J connectivity index is 1.18. The Morgan fingerprint density at radius 1 is 1.22 bits per heavy atom. The van der Waals surface area contributed by atoms with E-state index in [-0.39, 0.29) is 12.5 Å². The van der Waals surface area contributed by atoms with E-state index in [4.69, 9.17) is 9.26 Å². The van der Waals surface area contributed by atoms with Gasteiger partial charge in [0.1, 0.15) is 11.5 Å². The lowest BCUT2D eigenvalue weighted by Crippen LogP contribution is -2.37. The summed E-state index contributed by atoms with van der Waals surface area (Å²) < 4.78 is 12.8. The molecule has 3 aliphatic rings. The lowest BCUT2D eigenvalue weighted by atomic mass is 10.2. The van der Waals surface area contributed by atoms with Gasteiger partial charge in [0.05, 0.1) is 13.2 Å². The first kappa shape index (κ1) is 16.9. The van der Waals surface area contributed by atoms with E-state index in [0.717, 1.165) is 70.2 Å². The number of rotatable bonds is 5. The van der Waals surface area contributed by atoms with E-state index in [1.807, 2.05) is 6.20 Å². The first-order valence-corrected chi connectivity index (χ1v) is 9.75. The number of fused-ring (bicyclic) bond motifs is 1. The van der Waals surface area contributed by atoms with Crippen molar-refractivity contribution in [1.29, 1.82) is 0 Å². The molecular weight excluding hydrogens is 348 g/mol. The van der Waals surface area contributed by atoms with Gasteiger partial charge in [-0.05, 0) is 19.3 Å². The molecule has 5 rings (SSSR count). The van der Waals surface area contributed by atoms with Crippen LogP contribution in [0.2, 0.25) is 0 Å². The van der Waals surface area contributed by atoms with Crippen LogP contribution in [0.3, 0.4) is 0 Å². The average Bonchev–Trinajstić information content (AvgIpc) is 3.10. The van der Waals surface area contributed by atoms with Gasteiger partial charge in [-0.15, -0.1) is 0 Å². The van der Waals surface area contributed by atoms with Crippen LogP contribution in [0.1, 0.15) is 53.2 Å². The number of carbonyl (C=O) groups excluding carboxylic acids is 1. The standard InChI is InChI=1S/C18H24N6O3/c25-18(19-9-16-21-17(22-27-16)12-1-2-12)14-10-24-7-6-23(5-3-15(24)20-14)13-4-8-26-11-13/h10,12-13H,1-9,11H2,(H,19,25). The van der Waals surface area contributed by atoms with Gasteiger partial charge in [0.25, 0.3) is 5.91 Å². The summed E-state index contributed by atoms with van der Waals surface area (Å²) in [7, 11) is 0. The lowest BCUT2D eigenvalue weighted by molar-refractivity contribution is 0.0941. The molecule has 2 aromatic rings. The number of aromatic nitrogens is 4. The van der Waals surface area contributed by atoms with Gasteiger partial charge in [0, 0.05) is 50.8 Å². The molecule has 4 heterocycles. The third-order valence-corrected chi connectivity index (χ3v) is 5.59. The largest absolute Gasteiger partial charge is 0.380 e. The van der Waals surface area contributed by atoms with Crippen LogP contribution in [0.15, 0.2) is 10.7 Å². The minimum atomic E-state index is -0.206. The highest BCUT2D eigenvalue weighted by Gasteiger charge is 2.29. The van der Waals surface area contributed by atoms with Crippen molar-refractivity contribution in [3.63, 3.8) is 0 Å². The Labute approximate surface area is 157 Å².